The second-order valence-corrected chi connectivity index (χ2v) is 3.99. The molecule has 1 aromatic carbocycles. The van der Waals surface area contributed by atoms with E-state index in [0.29, 0.717) is 0 Å². The largest absolute Gasteiger partial charge is 0.381 e. The molecule has 94 valence electrons. The third-order valence-corrected chi connectivity index (χ3v) is 2.62. The Morgan fingerprint density at radius 3 is 2.50 bits per heavy atom. The van der Waals surface area contributed by atoms with Crippen molar-refractivity contribution in [3.63, 3.8) is 0 Å². The van der Waals surface area contributed by atoms with Gasteiger partial charge in [-0.2, -0.15) is 0 Å². The molecule has 0 amide bonds. The highest BCUT2D eigenvalue weighted by atomic mass is 35.5. The summed E-state index contributed by atoms with van der Waals surface area (Å²) in [6, 6.07) is 12.7. The number of rotatable bonds is 4. The van der Waals surface area contributed by atoms with Crippen molar-refractivity contribution in [2.45, 2.75) is 0 Å². The summed E-state index contributed by atoms with van der Waals surface area (Å²) >= 11 is 6.00. The van der Waals surface area contributed by atoms with E-state index in [1.165, 1.54) is 13.2 Å². The van der Waals surface area contributed by atoms with Crippen LogP contribution < -0.4 is 10.4 Å². The molecule has 0 aliphatic rings. The van der Waals surface area contributed by atoms with Gasteiger partial charge < -0.3 is 9.57 Å². The van der Waals surface area contributed by atoms with Crippen molar-refractivity contribution in [1.29, 1.82) is 0 Å². The van der Waals surface area contributed by atoms with E-state index < -0.39 is 0 Å². The van der Waals surface area contributed by atoms with Crippen LogP contribution in [0.3, 0.4) is 0 Å². The normalized spacial score (nSPS) is 10.3. The second kappa shape index (κ2) is 5.71. The van der Waals surface area contributed by atoms with E-state index in [-0.39, 0.29) is 17.5 Å². The number of methoxy groups -OCH3 is 1. The van der Waals surface area contributed by atoms with Crippen molar-refractivity contribution < 1.29 is 9.57 Å². The van der Waals surface area contributed by atoms with Crippen LogP contribution in [0.1, 0.15) is 0 Å². The van der Waals surface area contributed by atoms with E-state index in [1.807, 2.05) is 30.3 Å². The SMILES string of the molecule is COCOn1c(Cl)cc(-c2ccccc2)cc1=O. The maximum Gasteiger partial charge on any atom is 0.285 e. The molecule has 0 aliphatic carbocycles. The summed E-state index contributed by atoms with van der Waals surface area (Å²) < 4.78 is 5.73. The Kier molecular flexibility index (Phi) is 4.02. The van der Waals surface area contributed by atoms with Gasteiger partial charge in [-0.15, -0.1) is 4.73 Å². The smallest absolute Gasteiger partial charge is 0.285 e. The van der Waals surface area contributed by atoms with Crippen LogP contribution in [-0.2, 0) is 4.74 Å². The molecule has 1 heterocycles. The van der Waals surface area contributed by atoms with Crippen LogP contribution in [0, 0.1) is 0 Å². The van der Waals surface area contributed by atoms with Gasteiger partial charge in [0, 0.05) is 13.2 Å². The summed E-state index contributed by atoms with van der Waals surface area (Å²) in [6.07, 6.45) is 0. The summed E-state index contributed by atoms with van der Waals surface area (Å²) in [5.74, 6) is 0. The summed E-state index contributed by atoms with van der Waals surface area (Å²) in [5.41, 5.74) is 1.34. The second-order valence-electron chi connectivity index (χ2n) is 3.60. The average molecular weight is 266 g/mol. The van der Waals surface area contributed by atoms with E-state index in [0.717, 1.165) is 15.9 Å². The average Bonchev–Trinajstić information content (AvgIpc) is 2.39. The van der Waals surface area contributed by atoms with Crippen molar-refractivity contribution in [3.05, 3.63) is 58.0 Å². The molecule has 0 aliphatic heterocycles. The number of hydrogen-bond acceptors (Lipinski definition) is 3. The van der Waals surface area contributed by atoms with Crippen molar-refractivity contribution >= 4 is 11.6 Å². The van der Waals surface area contributed by atoms with Gasteiger partial charge in [0.1, 0.15) is 0 Å². The van der Waals surface area contributed by atoms with Gasteiger partial charge in [0.05, 0.1) is 0 Å². The number of hydrogen-bond donors (Lipinski definition) is 0. The molecule has 0 saturated carbocycles. The van der Waals surface area contributed by atoms with Crippen LogP contribution in [0.5, 0.6) is 0 Å². The minimum Gasteiger partial charge on any atom is -0.381 e. The van der Waals surface area contributed by atoms with Crippen molar-refractivity contribution in [3.8, 4) is 11.1 Å². The van der Waals surface area contributed by atoms with Crippen LogP contribution in [0.25, 0.3) is 11.1 Å². The topological polar surface area (TPSA) is 40.5 Å². The highest BCUT2D eigenvalue weighted by Gasteiger charge is 2.07. The number of ether oxygens (including phenoxy) is 1. The lowest BCUT2D eigenvalue weighted by molar-refractivity contribution is -0.0415. The van der Waals surface area contributed by atoms with Crippen LogP contribution in [-0.4, -0.2) is 18.6 Å². The molecule has 0 bridgehead atoms. The zero-order valence-electron chi connectivity index (χ0n) is 9.80. The van der Waals surface area contributed by atoms with E-state index >= 15 is 0 Å². The molecule has 2 rings (SSSR count). The van der Waals surface area contributed by atoms with Gasteiger partial charge in [-0.25, -0.2) is 0 Å². The van der Waals surface area contributed by atoms with Crippen LogP contribution in [0.4, 0.5) is 0 Å². The van der Waals surface area contributed by atoms with Gasteiger partial charge in [-0.3, -0.25) is 4.79 Å². The fraction of sp³-hybridized carbons (Fsp3) is 0.154. The first-order valence-electron chi connectivity index (χ1n) is 5.32. The first kappa shape index (κ1) is 12.7. The summed E-state index contributed by atoms with van der Waals surface area (Å²) in [5, 5.41) is 0.207. The van der Waals surface area contributed by atoms with Crippen LogP contribution in [0.2, 0.25) is 5.15 Å². The minimum atomic E-state index is -0.335. The molecule has 0 unspecified atom stereocenters. The third kappa shape index (κ3) is 2.72. The van der Waals surface area contributed by atoms with Crippen molar-refractivity contribution in [2.75, 3.05) is 13.9 Å². The standard InChI is InChI=1S/C13H12ClNO3/c1-17-9-18-15-12(14)7-11(8-13(15)16)10-5-3-2-4-6-10/h2-8H,9H2,1H3. The van der Waals surface area contributed by atoms with Gasteiger partial charge in [-0.05, 0) is 17.2 Å². The maximum absolute atomic E-state index is 11.8. The predicted octanol–water partition coefficient (Wildman–Crippen LogP) is 2.20. The molecule has 4 nitrogen and oxygen atoms in total. The Morgan fingerprint density at radius 1 is 1.17 bits per heavy atom. The molecular weight excluding hydrogens is 254 g/mol. The molecule has 0 spiro atoms. The Labute approximate surface area is 109 Å². The number of pyridine rings is 1. The number of nitrogens with zero attached hydrogens (tertiary/aromatic N) is 1. The quantitative estimate of drug-likeness (QED) is 0.629. The lowest BCUT2D eigenvalue weighted by Gasteiger charge is -2.10. The summed E-state index contributed by atoms with van der Waals surface area (Å²) in [4.78, 5) is 16.9. The minimum absolute atomic E-state index is 0.0374. The molecule has 0 atom stereocenters. The van der Waals surface area contributed by atoms with E-state index in [9.17, 15) is 4.79 Å². The Morgan fingerprint density at radius 2 is 1.89 bits per heavy atom. The predicted molar refractivity (Wildman–Crippen MR) is 69.6 cm³/mol. The van der Waals surface area contributed by atoms with Crippen molar-refractivity contribution in [2.24, 2.45) is 0 Å². The molecule has 2 aromatic rings. The fourth-order valence-corrected chi connectivity index (χ4v) is 1.80. The van der Waals surface area contributed by atoms with Gasteiger partial charge in [0.2, 0.25) is 6.79 Å². The lowest BCUT2D eigenvalue weighted by Crippen LogP contribution is -2.28. The number of aromatic nitrogens is 1. The molecule has 0 radical (unpaired) electrons. The first-order chi connectivity index (χ1) is 8.72. The third-order valence-electron chi connectivity index (χ3n) is 2.35. The molecule has 18 heavy (non-hydrogen) atoms. The van der Waals surface area contributed by atoms with Crippen LogP contribution in [0.15, 0.2) is 47.3 Å². The maximum atomic E-state index is 11.8. The lowest BCUT2D eigenvalue weighted by atomic mass is 10.1. The Balaban J connectivity index is 2.40. The van der Waals surface area contributed by atoms with Crippen LogP contribution >= 0.6 is 11.6 Å². The number of halogens is 1. The highest BCUT2D eigenvalue weighted by Crippen LogP contribution is 2.20. The van der Waals surface area contributed by atoms with Gasteiger partial charge in [-0.1, -0.05) is 41.9 Å². The van der Waals surface area contributed by atoms with Gasteiger partial charge >= 0.3 is 0 Å². The Bertz CT molecular complexity index is 581. The van der Waals surface area contributed by atoms with E-state index in [2.05, 4.69) is 0 Å². The zero-order valence-corrected chi connectivity index (χ0v) is 10.6. The monoisotopic (exact) mass is 265 g/mol. The van der Waals surface area contributed by atoms with E-state index in [4.69, 9.17) is 21.2 Å². The highest BCUT2D eigenvalue weighted by molar-refractivity contribution is 6.29. The first-order valence-corrected chi connectivity index (χ1v) is 5.70. The summed E-state index contributed by atoms with van der Waals surface area (Å²) in [7, 11) is 1.47. The molecule has 0 saturated heterocycles. The summed E-state index contributed by atoms with van der Waals surface area (Å²) in [6.45, 7) is -0.0374. The molecule has 0 N–H and O–H groups in total. The Hall–Kier alpha value is -1.78. The van der Waals surface area contributed by atoms with E-state index in [1.54, 1.807) is 6.07 Å². The van der Waals surface area contributed by atoms with Gasteiger partial charge in [0.25, 0.3) is 5.56 Å². The molecular formula is C13H12ClNO3. The van der Waals surface area contributed by atoms with Gasteiger partial charge in [0.15, 0.2) is 5.15 Å². The zero-order chi connectivity index (χ0) is 13.0. The number of benzene rings is 1. The molecule has 5 heteroatoms. The fourth-order valence-electron chi connectivity index (χ4n) is 1.55. The molecule has 0 fully saturated rings. The molecule has 1 aromatic heterocycles. The van der Waals surface area contributed by atoms with Crippen molar-refractivity contribution in [1.82, 2.24) is 4.73 Å².